The van der Waals surface area contributed by atoms with Gasteiger partial charge in [0.15, 0.2) is 5.79 Å². The van der Waals surface area contributed by atoms with Crippen LogP contribution in [0.2, 0.25) is 4.34 Å². The number of ether oxygens (including phenoxy) is 2. The van der Waals surface area contributed by atoms with Crippen LogP contribution in [0, 0.1) is 0 Å². The summed E-state index contributed by atoms with van der Waals surface area (Å²) < 4.78 is 12.2. The zero-order chi connectivity index (χ0) is 13.5. The third-order valence-electron chi connectivity index (χ3n) is 3.59. The van der Waals surface area contributed by atoms with E-state index in [0.717, 1.165) is 12.8 Å². The normalized spacial score (nSPS) is 26.0. The second kappa shape index (κ2) is 5.05. The predicted molar refractivity (Wildman–Crippen MR) is 73.7 cm³/mol. The van der Waals surface area contributed by atoms with E-state index in [4.69, 9.17) is 21.1 Å². The average molecular weight is 302 g/mol. The quantitative estimate of drug-likeness (QED) is 0.800. The minimum atomic E-state index is -0.455. The predicted octanol–water partition coefficient (Wildman–Crippen LogP) is 2.77. The molecule has 19 heavy (non-hydrogen) atoms. The lowest BCUT2D eigenvalue weighted by Gasteiger charge is -2.37. The van der Waals surface area contributed by atoms with Gasteiger partial charge in [0.25, 0.3) is 5.91 Å². The summed E-state index contributed by atoms with van der Waals surface area (Å²) >= 11 is 7.19. The number of thiophene rings is 1. The van der Waals surface area contributed by atoms with Crippen molar-refractivity contribution in [3.63, 3.8) is 0 Å². The first-order chi connectivity index (χ1) is 9.08. The number of hydrogen-bond donors (Lipinski definition) is 0. The number of amides is 1. The Balaban J connectivity index is 1.62. The number of halogens is 1. The lowest BCUT2D eigenvalue weighted by molar-refractivity contribution is -0.189. The maximum atomic E-state index is 12.3. The Morgan fingerprint density at radius 2 is 2.21 bits per heavy atom. The second-order valence-corrected chi connectivity index (χ2v) is 6.76. The Morgan fingerprint density at radius 1 is 1.47 bits per heavy atom. The molecule has 3 heterocycles. The highest BCUT2D eigenvalue weighted by Crippen LogP contribution is 2.34. The summed E-state index contributed by atoms with van der Waals surface area (Å²) in [5, 5.41) is 0. The Hall–Kier alpha value is -0.620. The van der Waals surface area contributed by atoms with E-state index < -0.39 is 5.79 Å². The van der Waals surface area contributed by atoms with Crippen LogP contribution in [0.4, 0.5) is 0 Å². The molecule has 1 unspecified atom stereocenters. The first-order valence-corrected chi connectivity index (χ1v) is 7.64. The highest BCUT2D eigenvalue weighted by Gasteiger charge is 2.43. The molecule has 2 saturated heterocycles. The number of nitrogens with zero attached hydrogens (tertiary/aromatic N) is 1. The highest BCUT2D eigenvalue weighted by molar-refractivity contribution is 7.17. The summed E-state index contributed by atoms with van der Waals surface area (Å²) in [4.78, 5) is 14.8. The van der Waals surface area contributed by atoms with Gasteiger partial charge in [-0.25, -0.2) is 0 Å². The molecule has 1 aromatic heterocycles. The molecule has 3 rings (SSSR count). The molecule has 0 radical (unpaired) electrons. The molecule has 1 atom stereocenters. The van der Waals surface area contributed by atoms with Gasteiger partial charge in [-0.15, -0.1) is 11.3 Å². The van der Waals surface area contributed by atoms with E-state index in [-0.39, 0.29) is 12.0 Å². The number of carbonyl (C=O) groups is 1. The van der Waals surface area contributed by atoms with Gasteiger partial charge in [-0.1, -0.05) is 11.6 Å². The lowest BCUT2D eigenvalue weighted by Crippen LogP contribution is -2.47. The van der Waals surface area contributed by atoms with Gasteiger partial charge in [0, 0.05) is 25.9 Å². The van der Waals surface area contributed by atoms with Crippen molar-refractivity contribution in [3.05, 3.63) is 21.3 Å². The van der Waals surface area contributed by atoms with Gasteiger partial charge < -0.3 is 14.4 Å². The van der Waals surface area contributed by atoms with Crippen LogP contribution in [-0.2, 0) is 9.47 Å². The van der Waals surface area contributed by atoms with Gasteiger partial charge in [0.05, 0.1) is 21.9 Å². The molecule has 104 valence electrons. The first-order valence-electron chi connectivity index (χ1n) is 6.44. The third kappa shape index (κ3) is 2.65. The molecule has 0 aliphatic carbocycles. The van der Waals surface area contributed by atoms with Gasteiger partial charge in [-0.05, 0) is 19.1 Å². The van der Waals surface area contributed by atoms with Crippen molar-refractivity contribution in [2.24, 2.45) is 0 Å². The van der Waals surface area contributed by atoms with Crippen LogP contribution in [0.15, 0.2) is 12.1 Å². The number of rotatable bonds is 1. The fourth-order valence-electron chi connectivity index (χ4n) is 2.60. The van der Waals surface area contributed by atoms with E-state index in [0.29, 0.717) is 28.9 Å². The van der Waals surface area contributed by atoms with Crippen LogP contribution in [0.3, 0.4) is 0 Å². The summed E-state index contributed by atoms with van der Waals surface area (Å²) in [6.07, 6.45) is 1.63. The van der Waals surface area contributed by atoms with Gasteiger partial charge in [-0.3, -0.25) is 4.79 Å². The molecule has 2 fully saturated rings. The van der Waals surface area contributed by atoms with Crippen molar-refractivity contribution in [2.75, 3.05) is 19.7 Å². The van der Waals surface area contributed by atoms with Crippen molar-refractivity contribution < 1.29 is 14.3 Å². The molecule has 2 aliphatic heterocycles. The number of hydrogen-bond acceptors (Lipinski definition) is 4. The van der Waals surface area contributed by atoms with Crippen LogP contribution in [0.25, 0.3) is 0 Å². The average Bonchev–Trinajstić information content (AvgIpc) is 2.97. The molecule has 0 saturated carbocycles. The maximum absolute atomic E-state index is 12.3. The molecular weight excluding hydrogens is 286 g/mol. The van der Waals surface area contributed by atoms with Crippen molar-refractivity contribution in [2.45, 2.75) is 31.7 Å². The number of carbonyl (C=O) groups excluding carboxylic acids is 1. The minimum Gasteiger partial charge on any atom is -0.347 e. The van der Waals surface area contributed by atoms with Crippen molar-refractivity contribution in [1.29, 1.82) is 0 Å². The number of likely N-dealkylation sites (tertiary alicyclic amines) is 1. The topological polar surface area (TPSA) is 38.8 Å². The monoisotopic (exact) mass is 301 g/mol. The molecule has 1 spiro atoms. The Bertz CT molecular complexity index is 482. The van der Waals surface area contributed by atoms with Crippen molar-refractivity contribution in [1.82, 2.24) is 4.90 Å². The SMILES string of the molecule is CC1COC2(CCN(C(=O)c3ccc(Cl)s3)CC2)O1. The summed E-state index contributed by atoms with van der Waals surface area (Å²) in [5.41, 5.74) is 0. The molecule has 2 aliphatic rings. The highest BCUT2D eigenvalue weighted by atomic mass is 35.5. The maximum Gasteiger partial charge on any atom is 0.263 e. The van der Waals surface area contributed by atoms with E-state index in [2.05, 4.69) is 0 Å². The third-order valence-corrected chi connectivity index (χ3v) is 4.81. The van der Waals surface area contributed by atoms with Crippen molar-refractivity contribution >= 4 is 28.8 Å². The van der Waals surface area contributed by atoms with Crippen LogP contribution in [0.5, 0.6) is 0 Å². The molecule has 0 bridgehead atoms. The molecular formula is C13H16ClNO3S. The van der Waals surface area contributed by atoms with Gasteiger partial charge in [0.1, 0.15) is 0 Å². The minimum absolute atomic E-state index is 0.0535. The van der Waals surface area contributed by atoms with Crippen LogP contribution < -0.4 is 0 Å². The van der Waals surface area contributed by atoms with E-state index in [1.165, 1.54) is 11.3 Å². The fraction of sp³-hybridized carbons (Fsp3) is 0.615. The molecule has 6 heteroatoms. The standard InChI is InChI=1S/C13H16ClNO3S/c1-9-8-17-13(18-9)4-6-15(7-5-13)12(16)10-2-3-11(14)19-10/h2-3,9H,4-8H2,1H3. The molecule has 4 nitrogen and oxygen atoms in total. The zero-order valence-corrected chi connectivity index (χ0v) is 12.3. The smallest absolute Gasteiger partial charge is 0.263 e. The van der Waals surface area contributed by atoms with E-state index in [1.54, 1.807) is 12.1 Å². The van der Waals surface area contributed by atoms with Gasteiger partial charge in [-0.2, -0.15) is 0 Å². The first kappa shape index (κ1) is 13.4. The summed E-state index contributed by atoms with van der Waals surface area (Å²) in [6.45, 7) is 4.00. The number of piperidine rings is 1. The van der Waals surface area contributed by atoms with Crippen LogP contribution in [0.1, 0.15) is 29.4 Å². The van der Waals surface area contributed by atoms with Gasteiger partial charge in [0.2, 0.25) is 0 Å². The Labute approximate surface area is 121 Å². The lowest BCUT2D eigenvalue weighted by atomic mass is 10.0. The van der Waals surface area contributed by atoms with E-state index in [1.807, 2.05) is 11.8 Å². The molecule has 0 aromatic carbocycles. The Kier molecular flexibility index (Phi) is 3.55. The fourth-order valence-corrected chi connectivity index (χ4v) is 3.61. The zero-order valence-electron chi connectivity index (χ0n) is 10.7. The van der Waals surface area contributed by atoms with E-state index in [9.17, 15) is 4.79 Å². The van der Waals surface area contributed by atoms with Crippen LogP contribution >= 0.6 is 22.9 Å². The Morgan fingerprint density at radius 3 is 2.74 bits per heavy atom. The largest absolute Gasteiger partial charge is 0.347 e. The summed E-state index contributed by atoms with van der Waals surface area (Å²) in [5.74, 6) is -0.402. The van der Waals surface area contributed by atoms with Gasteiger partial charge >= 0.3 is 0 Å². The summed E-state index contributed by atoms with van der Waals surface area (Å²) in [6, 6.07) is 3.54. The molecule has 1 amide bonds. The second-order valence-electron chi connectivity index (χ2n) is 5.05. The molecule has 1 aromatic rings. The van der Waals surface area contributed by atoms with Crippen molar-refractivity contribution in [3.8, 4) is 0 Å². The van der Waals surface area contributed by atoms with E-state index >= 15 is 0 Å². The summed E-state index contributed by atoms with van der Waals surface area (Å²) in [7, 11) is 0. The molecule has 0 N–H and O–H groups in total. The van der Waals surface area contributed by atoms with Crippen LogP contribution in [-0.4, -0.2) is 42.4 Å².